The summed E-state index contributed by atoms with van der Waals surface area (Å²) in [5, 5.41) is 0. The molecule has 1 aliphatic carbocycles. The molecule has 0 aromatic rings. The molecular weight excluding hydrogens is 136 g/mol. The summed E-state index contributed by atoms with van der Waals surface area (Å²) < 4.78 is 0. The summed E-state index contributed by atoms with van der Waals surface area (Å²) >= 11 is 0. The molecule has 0 fully saturated rings. The zero-order valence-corrected chi connectivity index (χ0v) is 6.61. The van der Waals surface area contributed by atoms with Gasteiger partial charge in [-0.3, -0.25) is 4.79 Å². The molecule has 11 heavy (non-hydrogen) atoms. The van der Waals surface area contributed by atoms with Crippen molar-refractivity contribution in [2.45, 2.75) is 19.8 Å². The highest BCUT2D eigenvalue weighted by molar-refractivity contribution is 6.01. The fourth-order valence-electron chi connectivity index (χ4n) is 0.891. The first-order chi connectivity index (χ1) is 5.20. The molecule has 1 nitrogen and oxygen atoms in total. The average molecular weight is 146 g/mol. The molecule has 0 amide bonds. The first-order valence-electron chi connectivity index (χ1n) is 3.61. The third-order valence-corrected chi connectivity index (χ3v) is 1.43. The Bertz CT molecular complexity index is 284. The lowest BCUT2D eigenvalue weighted by Crippen LogP contribution is -1.91. The number of hydrogen-bond donors (Lipinski definition) is 0. The normalized spacial score (nSPS) is 15.4. The van der Waals surface area contributed by atoms with E-state index >= 15 is 0 Å². The van der Waals surface area contributed by atoms with Gasteiger partial charge in [0.25, 0.3) is 0 Å². The Morgan fingerprint density at radius 2 is 2.45 bits per heavy atom. The molecule has 0 N–H and O–H groups in total. The summed E-state index contributed by atoms with van der Waals surface area (Å²) in [6.45, 7) is 5.46. The maximum atomic E-state index is 11.0. The van der Waals surface area contributed by atoms with Crippen molar-refractivity contribution < 1.29 is 4.79 Å². The van der Waals surface area contributed by atoms with Crippen LogP contribution in [-0.2, 0) is 4.79 Å². The molecule has 0 saturated heterocycles. The van der Waals surface area contributed by atoms with E-state index in [0.717, 1.165) is 12.0 Å². The summed E-state index contributed by atoms with van der Waals surface area (Å²) in [4.78, 5) is 11.0. The van der Waals surface area contributed by atoms with Crippen LogP contribution in [0.4, 0.5) is 0 Å². The van der Waals surface area contributed by atoms with Crippen molar-refractivity contribution in [2.75, 3.05) is 0 Å². The number of allylic oxidation sites excluding steroid dienone is 3. The van der Waals surface area contributed by atoms with Gasteiger partial charge in [-0.1, -0.05) is 24.5 Å². The molecule has 1 rings (SSSR count). The van der Waals surface area contributed by atoms with Crippen molar-refractivity contribution in [3.05, 3.63) is 23.8 Å². The zero-order valence-electron chi connectivity index (χ0n) is 6.61. The largest absolute Gasteiger partial charge is 0.293 e. The van der Waals surface area contributed by atoms with Crippen molar-refractivity contribution in [1.82, 2.24) is 0 Å². The summed E-state index contributed by atoms with van der Waals surface area (Å²) in [6, 6.07) is 0. The number of Topliss-reactive ketones (excluding diaryl/α,β-unsaturated/α-hetero) is 1. The van der Waals surface area contributed by atoms with Crippen LogP contribution in [0.1, 0.15) is 19.8 Å². The van der Waals surface area contributed by atoms with E-state index in [1.807, 2.05) is 13.0 Å². The second-order valence-corrected chi connectivity index (χ2v) is 2.61. The standard InChI is InChI=1S/C10H10O/c1-8(2)6-7-9-4-3-5-10(9)11/h4H,1,3,5H2,2H3. The Morgan fingerprint density at radius 1 is 1.73 bits per heavy atom. The van der Waals surface area contributed by atoms with E-state index in [9.17, 15) is 4.79 Å². The molecule has 0 aliphatic heterocycles. The van der Waals surface area contributed by atoms with Crippen molar-refractivity contribution in [2.24, 2.45) is 0 Å². The molecule has 0 heterocycles. The Balaban J connectivity index is 2.72. The highest BCUT2D eigenvalue weighted by Crippen LogP contribution is 2.12. The fourth-order valence-corrected chi connectivity index (χ4v) is 0.891. The SMILES string of the molecule is C=C(C)C#CC1=CCCC1=O. The second-order valence-electron chi connectivity index (χ2n) is 2.61. The fraction of sp³-hybridized carbons (Fsp3) is 0.300. The Kier molecular flexibility index (Phi) is 2.28. The van der Waals surface area contributed by atoms with E-state index in [4.69, 9.17) is 0 Å². The van der Waals surface area contributed by atoms with Crippen LogP contribution in [0, 0.1) is 11.8 Å². The number of carbonyl (C=O) groups excluding carboxylic acids is 1. The van der Waals surface area contributed by atoms with Crippen LogP contribution in [-0.4, -0.2) is 5.78 Å². The van der Waals surface area contributed by atoms with E-state index < -0.39 is 0 Å². The van der Waals surface area contributed by atoms with Gasteiger partial charge < -0.3 is 0 Å². The summed E-state index contributed by atoms with van der Waals surface area (Å²) in [5.74, 6) is 5.74. The number of rotatable bonds is 0. The smallest absolute Gasteiger partial charge is 0.171 e. The van der Waals surface area contributed by atoms with Gasteiger partial charge in [-0.05, 0) is 18.9 Å². The van der Waals surface area contributed by atoms with E-state index in [1.165, 1.54) is 0 Å². The third-order valence-electron chi connectivity index (χ3n) is 1.43. The van der Waals surface area contributed by atoms with Gasteiger partial charge in [0.05, 0.1) is 5.57 Å². The maximum absolute atomic E-state index is 11.0. The predicted octanol–water partition coefficient (Wildman–Crippen LogP) is 1.86. The number of carbonyl (C=O) groups is 1. The highest BCUT2D eigenvalue weighted by Gasteiger charge is 2.11. The van der Waals surface area contributed by atoms with E-state index in [2.05, 4.69) is 18.4 Å². The van der Waals surface area contributed by atoms with Gasteiger partial charge in [0.15, 0.2) is 5.78 Å². The first-order valence-corrected chi connectivity index (χ1v) is 3.61. The molecule has 0 unspecified atom stereocenters. The molecule has 0 aromatic heterocycles. The molecule has 0 atom stereocenters. The van der Waals surface area contributed by atoms with E-state index in [0.29, 0.717) is 12.0 Å². The molecule has 0 saturated carbocycles. The lowest BCUT2D eigenvalue weighted by atomic mass is 10.2. The van der Waals surface area contributed by atoms with Gasteiger partial charge in [-0.2, -0.15) is 0 Å². The van der Waals surface area contributed by atoms with Crippen molar-refractivity contribution in [1.29, 1.82) is 0 Å². The lowest BCUT2D eigenvalue weighted by molar-refractivity contribution is -0.114. The van der Waals surface area contributed by atoms with Crippen LogP contribution in [0.25, 0.3) is 0 Å². The predicted molar refractivity (Wildman–Crippen MR) is 44.9 cm³/mol. The minimum Gasteiger partial charge on any atom is -0.293 e. The molecule has 1 aliphatic rings. The Hall–Kier alpha value is -1.29. The van der Waals surface area contributed by atoms with Gasteiger partial charge in [-0.15, -0.1) is 0 Å². The Labute approximate surface area is 66.8 Å². The topological polar surface area (TPSA) is 17.1 Å². The number of hydrogen-bond acceptors (Lipinski definition) is 1. The quantitative estimate of drug-likeness (QED) is 0.477. The molecule has 0 aromatic carbocycles. The minimum absolute atomic E-state index is 0.166. The van der Waals surface area contributed by atoms with Gasteiger partial charge in [0, 0.05) is 6.42 Å². The van der Waals surface area contributed by atoms with Crippen LogP contribution >= 0.6 is 0 Å². The lowest BCUT2D eigenvalue weighted by Gasteiger charge is -1.84. The van der Waals surface area contributed by atoms with Gasteiger partial charge in [0.1, 0.15) is 0 Å². The molecule has 1 heteroatoms. The Morgan fingerprint density at radius 3 is 2.91 bits per heavy atom. The van der Waals surface area contributed by atoms with Crippen LogP contribution in [0.2, 0.25) is 0 Å². The van der Waals surface area contributed by atoms with Crippen LogP contribution in [0.3, 0.4) is 0 Å². The van der Waals surface area contributed by atoms with Crippen LogP contribution in [0.15, 0.2) is 23.8 Å². The van der Waals surface area contributed by atoms with Crippen molar-refractivity contribution in [3.63, 3.8) is 0 Å². The van der Waals surface area contributed by atoms with Crippen molar-refractivity contribution >= 4 is 5.78 Å². The molecule has 0 radical (unpaired) electrons. The van der Waals surface area contributed by atoms with E-state index in [-0.39, 0.29) is 5.78 Å². The third kappa shape index (κ3) is 2.09. The molecular formula is C10H10O. The molecule has 0 bridgehead atoms. The maximum Gasteiger partial charge on any atom is 0.171 e. The van der Waals surface area contributed by atoms with Crippen molar-refractivity contribution in [3.8, 4) is 11.8 Å². The first kappa shape index (κ1) is 7.81. The number of ketones is 1. The summed E-state index contributed by atoms with van der Waals surface area (Å²) in [6.07, 6.45) is 3.36. The summed E-state index contributed by atoms with van der Waals surface area (Å²) in [5.41, 5.74) is 1.46. The monoisotopic (exact) mass is 146 g/mol. The zero-order chi connectivity index (χ0) is 8.27. The van der Waals surface area contributed by atoms with Gasteiger partial charge >= 0.3 is 0 Å². The average Bonchev–Trinajstić information content (AvgIpc) is 2.31. The highest BCUT2D eigenvalue weighted by atomic mass is 16.1. The summed E-state index contributed by atoms with van der Waals surface area (Å²) in [7, 11) is 0. The molecule has 0 spiro atoms. The van der Waals surface area contributed by atoms with E-state index in [1.54, 1.807) is 0 Å². The van der Waals surface area contributed by atoms with Crippen LogP contribution in [0.5, 0.6) is 0 Å². The minimum atomic E-state index is 0.166. The second kappa shape index (κ2) is 3.21. The van der Waals surface area contributed by atoms with Gasteiger partial charge in [0.2, 0.25) is 0 Å². The van der Waals surface area contributed by atoms with Crippen LogP contribution < -0.4 is 0 Å². The van der Waals surface area contributed by atoms with Gasteiger partial charge in [-0.25, -0.2) is 0 Å². The molecule has 56 valence electrons.